The van der Waals surface area contributed by atoms with Crippen LogP contribution in [0.15, 0.2) is 0 Å². The minimum atomic E-state index is -0.826. The summed E-state index contributed by atoms with van der Waals surface area (Å²) in [5.74, 6) is -0.426. The summed E-state index contributed by atoms with van der Waals surface area (Å²) in [6.07, 6.45) is 0.591. The molecule has 0 heterocycles. The minimum Gasteiger partial charge on any atom is -0.481 e. The summed E-state index contributed by atoms with van der Waals surface area (Å²) in [6.45, 7) is 6.59. The molecule has 1 amide bonds. The summed E-state index contributed by atoms with van der Waals surface area (Å²) in [5, 5.41) is 11.1. The van der Waals surface area contributed by atoms with Gasteiger partial charge < -0.3 is 10.4 Å². The molecule has 2 N–H and O–H groups in total. The molecule has 0 atom stereocenters. The Kier molecular flexibility index (Phi) is 6.40. The molecule has 0 bridgehead atoms. The highest BCUT2D eigenvalue weighted by molar-refractivity contribution is 8.01. The molecule has 88 valence electrons. The van der Waals surface area contributed by atoms with Gasteiger partial charge in [0, 0.05) is 17.7 Å². The van der Waals surface area contributed by atoms with E-state index < -0.39 is 5.97 Å². The van der Waals surface area contributed by atoms with Crippen molar-refractivity contribution < 1.29 is 14.7 Å². The minimum absolute atomic E-state index is 0.0275. The Morgan fingerprint density at radius 3 is 2.40 bits per heavy atom. The Bertz CT molecular complexity index is 223. The molecule has 0 aliphatic rings. The zero-order valence-corrected chi connectivity index (χ0v) is 10.3. The van der Waals surface area contributed by atoms with Crippen LogP contribution in [-0.2, 0) is 9.59 Å². The van der Waals surface area contributed by atoms with Crippen molar-refractivity contribution in [1.29, 1.82) is 0 Å². The van der Waals surface area contributed by atoms with Gasteiger partial charge in [-0.2, -0.15) is 0 Å². The van der Waals surface area contributed by atoms with Gasteiger partial charge in [0.05, 0.1) is 5.75 Å². The molecule has 0 spiro atoms. The van der Waals surface area contributed by atoms with Crippen LogP contribution in [0.5, 0.6) is 0 Å². The summed E-state index contributed by atoms with van der Waals surface area (Å²) >= 11 is 1.58. The van der Waals surface area contributed by atoms with Gasteiger partial charge in [-0.05, 0) is 6.42 Å². The molecule has 0 unspecified atom stereocenters. The highest BCUT2D eigenvalue weighted by Gasteiger charge is 2.12. The van der Waals surface area contributed by atoms with Crippen LogP contribution in [0.4, 0.5) is 0 Å². The van der Waals surface area contributed by atoms with E-state index in [1.54, 1.807) is 11.8 Å². The summed E-state index contributed by atoms with van der Waals surface area (Å²) < 4.78 is 0.0818. The lowest BCUT2D eigenvalue weighted by atomic mass is 10.3. The predicted octanol–water partition coefficient (Wildman–Crippen LogP) is 1.50. The van der Waals surface area contributed by atoms with Gasteiger partial charge in [0.15, 0.2) is 0 Å². The summed E-state index contributed by atoms with van der Waals surface area (Å²) in [5.41, 5.74) is 0. The van der Waals surface area contributed by atoms with Crippen molar-refractivity contribution in [3.05, 3.63) is 0 Å². The fourth-order valence-electron chi connectivity index (χ4n) is 0.801. The average Bonchev–Trinajstić information content (AvgIpc) is 2.07. The van der Waals surface area contributed by atoms with E-state index in [-0.39, 0.29) is 17.1 Å². The first kappa shape index (κ1) is 14.3. The van der Waals surface area contributed by atoms with E-state index >= 15 is 0 Å². The predicted molar refractivity (Wildman–Crippen MR) is 62.1 cm³/mol. The lowest BCUT2D eigenvalue weighted by molar-refractivity contribution is -0.137. The Morgan fingerprint density at radius 2 is 1.93 bits per heavy atom. The van der Waals surface area contributed by atoms with Gasteiger partial charge in [0.25, 0.3) is 0 Å². The number of hydrogen-bond acceptors (Lipinski definition) is 3. The zero-order valence-electron chi connectivity index (χ0n) is 9.50. The number of carbonyl (C=O) groups is 2. The van der Waals surface area contributed by atoms with Crippen molar-refractivity contribution in [3.63, 3.8) is 0 Å². The Balaban J connectivity index is 3.46. The lowest BCUT2D eigenvalue weighted by Crippen LogP contribution is -2.28. The molecular weight excluding hydrogens is 214 g/mol. The normalized spacial score (nSPS) is 11.1. The van der Waals surface area contributed by atoms with Crippen LogP contribution in [0.25, 0.3) is 0 Å². The first-order valence-electron chi connectivity index (χ1n) is 4.94. The monoisotopic (exact) mass is 233 g/mol. The van der Waals surface area contributed by atoms with E-state index in [4.69, 9.17) is 5.11 Å². The maximum absolute atomic E-state index is 11.3. The maximum Gasteiger partial charge on any atom is 0.303 e. The van der Waals surface area contributed by atoms with E-state index in [1.165, 1.54) is 0 Å². The zero-order chi connectivity index (χ0) is 11.9. The van der Waals surface area contributed by atoms with E-state index in [0.29, 0.717) is 18.7 Å². The largest absolute Gasteiger partial charge is 0.481 e. The van der Waals surface area contributed by atoms with Crippen molar-refractivity contribution in [1.82, 2.24) is 5.32 Å². The van der Waals surface area contributed by atoms with Crippen molar-refractivity contribution >= 4 is 23.6 Å². The fourth-order valence-corrected chi connectivity index (χ4v) is 1.47. The van der Waals surface area contributed by atoms with Crippen LogP contribution >= 0.6 is 11.8 Å². The SMILES string of the molecule is CC(C)(C)SCC(=O)NCCCC(=O)O. The Labute approximate surface area is 94.8 Å². The van der Waals surface area contributed by atoms with E-state index in [2.05, 4.69) is 26.1 Å². The second-order valence-corrected chi connectivity index (χ2v) is 6.05. The number of amides is 1. The number of thioether (sulfide) groups is 1. The van der Waals surface area contributed by atoms with Gasteiger partial charge in [0.2, 0.25) is 5.91 Å². The second-order valence-electron chi connectivity index (χ2n) is 4.25. The molecule has 0 aliphatic carbocycles. The van der Waals surface area contributed by atoms with Crippen molar-refractivity contribution in [3.8, 4) is 0 Å². The van der Waals surface area contributed by atoms with Crippen LogP contribution in [0, 0.1) is 0 Å². The quantitative estimate of drug-likeness (QED) is 0.682. The molecule has 5 heteroatoms. The van der Waals surface area contributed by atoms with Gasteiger partial charge >= 0.3 is 5.97 Å². The second kappa shape index (κ2) is 6.71. The Hall–Kier alpha value is -0.710. The summed E-state index contributed by atoms with van der Waals surface area (Å²) in [6, 6.07) is 0. The number of hydrogen-bond donors (Lipinski definition) is 2. The Morgan fingerprint density at radius 1 is 1.33 bits per heavy atom. The van der Waals surface area contributed by atoms with E-state index in [1.807, 2.05) is 0 Å². The third kappa shape index (κ3) is 11.2. The van der Waals surface area contributed by atoms with Crippen LogP contribution in [0.2, 0.25) is 0 Å². The van der Waals surface area contributed by atoms with Crippen LogP contribution in [0.1, 0.15) is 33.6 Å². The number of carboxylic acid groups (broad SMARTS) is 1. The van der Waals surface area contributed by atoms with Gasteiger partial charge in [0.1, 0.15) is 0 Å². The van der Waals surface area contributed by atoms with Gasteiger partial charge in [-0.15, -0.1) is 11.8 Å². The summed E-state index contributed by atoms with van der Waals surface area (Å²) in [7, 11) is 0. The number of aliphatic carboxylic acids is 1. The van der Waals surface area contributed by atoms with Crippen LogP contribution < -0.4 is 5.32 Å². The molecule has 0 aromatic heterocycles. The smallest absolute Gasteiger partial charge is 0.303 e. The molecule has 0 rings (SSSR count). The highest BCUT2D eigenvalue weighted by Crippen LogP contribution is 2.22. The molecule has 0 aromatic carbocycles. The van der Waals surface area contributed by atoms with Crippen molar-refractivity contribution in [2.24, 2.45) is 0 Å². The third-order valence-corrected chi connectivity index (χ3v) is 2.80. The number of carbonyl (C=O) groups excluding carboxylic acids is 1. The third-order valence-electron chi connectivity index (χ3n) is 1.53. The number of nitrogens with one attached hydrogen (secondary N) is 1. The standard InChI is InChI=1S/C10H19NO3S/c1-10(2,3)15-7-8(12)11-6-4-5-9(13)14/h4-7H2,1-3H3,(H,11,12)(H,13,14). The maximum atomic E-state index is 11.3. The first-order valence-corrected chi connectivity index (χ1v) is 5.92. The molecule has 0 saturated carbocycles. The molecule has 0 saturated heterocycles. The number of carboxylic acids is 1. The molecule has 4 nitrogen and oxygen atoms in total. The van der Waals surface area contributed by atoms with Gasteiger partial charge in [-0.1, -0.05) is 20.8 Å². The molecule has 0 aliphatic heterocycles. The van der Waals surface area contributed by atoms with Crippen LogP contribution in [-0.4, -0.2) is 34.0 Å². The van der Waals surface area contributed by atoms with E-state index in [9.17, 15) is 9.59 Å². The highest BCUT2D eigenvalue weighted by atomic mass is 32.2. The van der Waals surface area contributed by atoms with Crippen molar-refractivity contribution in [2.75, 3.05) is 12.3 Å². The average molecular weight is 233 g/mol. The number of rotatable bonds is 6. The van der Waals surface area contributed by atoms with Gasteiger partial charge in [-0.3, -0.25) is 9.59 Å². The lowest BCUT2D eigenvalue weighted by Gasteiger charge is -2.16. The summed E-state index contributed by atoms with van der Waals surface area (Å²) in [4.78, 5) is 21.4. The van der Waals surface area contributed by atoms with Crippen LogP contribution in [0.3, 0.4) is 0 Å². The van der Waals surface area contributed by atoms with E-state index in [0.717, 1.165) is 0 Å². The molecular formula is C10H19NO3S. The van der Waals surface area contributed by atoms with Gasteiger partial charge in [-0.25, -0.2) is 0 Å². The molecule has 0 aromatic rings. The van der Waals surface area contributed by atoms with Crippen molar-refractivity contribution in [2.45, 2.75) is 38.4 Å². The first-order chi connectivity index (χ1) is 6.81. The topological polar surface area (TPSA) is 66.4 Å². The molecule has 0 fully saturated rings. The fraction of sp³-hybridized carbons (Fsp3) is 0.800. The molecule has 0 radical (unpaired) electrons. The molecule has 15 heavy (non-hydrogen) atoms.